The first-order chi connectivity index (χ1) is 12.7. The van der Waals surface area contributed by atoms with Gasteiger partial charge in [-0.15, -0.1) is 0 Å². The van der Waals surface area contributed by atoms with Crippen molar-refractivity contribution in [2.24, 2.45) is 0 Å². The van der Waals surface area contributed by atoms with Crippen LogP contribution in [0.1, 0.15) is 37.9 Å². The summed E-state index contributed by atoms with van der Waals surface area (Å²) in [6.45, 7) is 6.42. The number of methoxy groups -OCH3 is 1. The highest BCUT2D eigenvalue weighted by Crippen LogP contribution is 2.44. The van der Waals surface area contributed by atoms with E-state index in [4.69, 9.17) is 14.2 Å². The highest BCUT2D eigenvalue weighted by molar-refractivity contribution is 5.78. The Morgan fingerprint density at radius 3 is 2.74 bits per heavy atom. The van der Waals surface area contributed by atoms with Crippen molar-refractivity contribution in [2.75, 3.05) is 33.9 Å². The highest BCUT2D eigenvalue weighted by Gasteiger charge is 2.41. The molecule has 27 heavy (non-hydrogen) atoms. The van der Waals surface area contributed by atoms with E-state index in [-0.39, 0.29) is 18.6 Å². The van der Waals surface area contributed by atoms with Crippen LogP contribution < -0.4 is 4.74 Å². The van der Waals surface area contributed by atoms with Gasteiger partial charge < -0.3 is 14.2 Å². The summed E-state index contributed by atoms with van der Waals surface area (Å²) < 4.78 is 16.2. The molecule has 2 aliphatic rings. The number of nitrogens with zero attached hydrogens (tertiary/aromatic N) is 2. The molecule has 0 saturated carbocycles. The fourth-order valence-corrected chi connectivity index (χ4v) is 3.37. The molecule has 146 valence electrons. The topological polar surface area (TPSA) is 68.3 Å². The Morgan fingerprint density at radius 1 is 1.33 bits per heavy atom. The number of likely N-dealkylation sites (N-methyl/N-ethyl adjacent to an activating group) is 1. The minimum absolute atomic E-state index is 0.129. The monoisotopic (exact) mass is 374 g/mol. The van der Waals surface area contributed by atoms with Crippen molar-refractivity contribution >= 4 is 18.1 Å². The number of amides is 1. The van der Waals surface area contributed by atoms with Gasteiger partial charge in [-0.25, -0.2) is 4.79 Å². The van der Waals surface area contributed by atoms with Crippen LogP contribution in [0, 0.1) is 0 Å². The van der Waals surface area contributed by atoms with Gasteiger partial charge in [0.05, 0.1) is 13.7 Å². The molecule has 7 nitrogen and oxygen atoms in total. The number of carbonyl (C=O) groups excluding carboxylic acids is 2. The summed E-state index contributed by atoms with van der Waals surface area (Å²) in [6, 6.07) is 5.62. The predicted molar refractivity (Wildman–Crippen MR) is 100 cm³/mol. The molecule has 0 aliphatic carbocycles. The molecule has 0 fully saturated rings. The molecule has 0 saturated heterocycles. The minimum atomic E-state index is -0.612. The SMILES string of the molecule is COC(=O)CN(C)CC1=Cc2cccc3c2[C@H](CO3)N1C(=O)OC(C)(C)C. The van der Waals surface area contributed by atoms with Gasteiger partial charge in [0.1, 0.15) is 24.0 Å². The predicted octanol–water partition coefficient (Wildman–Crippen LogP) is 2.82. The second-order valence-electron chi connectivity index (χ2n) is 7.82. The first-order valence-corrected chi connectivity index (χ1v) is 8.93. The largest absolute Gasteiger partial charge is 0.491 e. The van der Waals surface area contributed by atoms with Crippen LogP contribution in [0.15, 0.2) is 23.9 Å². The van der Waals surface area contributed by atoms with E-state index in [1.807, 2.05) is 52.1 Å². The second kappa shape index (κ2) is 7.23. The van der Waals surface area contributed by atoms with E-state index in [1.54, 1.807) is 9.80 Å². The van der Waals surface area contributed by atoms with Crippen LogP contribution in [-0.2, 0) is 14.3 Å². The van der Waals surface area contributed by atoms with Crippen molar-refractivity contribution in [3.05, 3.63) is 35.0 Å². The van der Waals surface area contributed by atoms with Crippen LogP contribution in [-0.4, -0.2) is 61.3 Å². The van der Waals surface area contributed by atoms with Crippen molar-refractivity contribution in [1.29, 1.82) is 0 Å². The molecule has 0 spiro atoms. The molecule has 7 heteroatoms. The molecule has 1 atom stereocenters. The lowest BCUT2D eigenvalue weighted by Crippen LogP contribution is -2.43. The van der Waals surface area contributed by atoms with Crippen molar-refractivity contribution in [3.8, 4) is 5.75 Å². The number of hydrogen-bond acceptors (Lipinski definition) is 6. The first-order valence-electron chi connectivity index (χ1n) is 8.93. The average molecular weight is 374 g/mol. The molecule has 1 amide bonds. The Balaban J connectivity index is 1.93. The normalized spacial score (nSPS) is 17.9. The molecule has 2 aliphatic heterocycles. The molecule has 0 bridgehead atoms. The lowest BCUT2D eigenvalue weighted by molar-refractivity contribution is -0.141. The third-order valence-electron chi connectivity index (χ3n) is 4.42. The molecule has 0 unspecified atom stereocenters. The van der Waals surface area contributed by atoms with Gasteiger partial charge in [0.2, 0.25) is 0 Å². The third-order valence-corrected chi connectivity index (χ3v) is 4.42. The van der Waals surface area contributed by atoms with E-state index in [9.17, 15) is 9.59 Å². The molecule has 3 rings (SSSR count). The van der Waals surface area contributed by atoms with E-state index >= 15 is 0 Å². The highest BCUT2D eigenvalue weighted by atomic mass is 16.6. The van der Waals surface area contributed by atoms with Crippen molar-refractivity contribution in [2.45, 2.75) is 32.4 Å². The summed E-state index contributed by atoms with van der Waals surface area (Å²) in [5.74, 6) is 0.467. The molecule has 0 radical (unpaired) electrons. The zero-order chi connectivity index (χ0) is 19.8. The minimum Gasteiger partial charge on any atom is -0.491 e. The number of hydrogen-bond donors (Lipinski definition) is 0. The summed E-state index contributed by atoms with van der Waals surface area (Å²) >= 11 is 0. The maximum Gasteiger partial charge on any atom is 0.415 e. The summed E-state index contributed by atoms with van der Waals surface area (Å²) in [5, 5.41) is 0. The number of carbonyl (C=O) groups is 2. The van der Waals surface area contributed by atoms with Crippen LogP contribution in [0.3, 0.4) is 0 Å². The van der Waals surface area contributed by atoms with Crippen LogP contribution in [0.5, 0.6) is 5.75 Å². The van der Waals surface area contributed by atoms with Crippen molar-refractivity contribution < 1.29 is 23.8 Å². The zero-order valence-electron chi connectivity index (χ0n) is 16.4. The molecular weight excluding hydrogens is 348 g/mol. The van der Waals surface area contributed by atoms with Gasteiger partial charge in [0.25, 0.3) is 0 Å². The Kier molecular flexibility index (Phi) is 5.15. The van der Waals surface area contributed by atoms with Gasteiger partial charge >= 0.3 is 12.1 Å². The Morgan fingerprint density at radius 2 is 2.07 bits per heavy atom. The molecule has 1 aromatic rings. The number of ether oxygens (including phenoxy) is 3. The Bertz CT molecular complexity index is 781. The quantitative estimate of drug-likeness (QED) is 0.755. The molecule has 0 N–H and O–H groups in total. The number of esters is 1. The van der Waals surface area contributed by atoms with E-state index < -0.39 is 11.7 Å². The van der Waals surface area contributed by atoms with Gasteiger partial charge in [-0.1, -0.05) is 12.1 Å². The summed E-state index contributed by atoms with van der Waals surface area (Å²) in [7, 11) is 3.17. The van der Waals surface area contributed by atoms with E-state index in [0.717, 1.165) is 22.6 Å². The smallest absolute Gasteiger partial charge is 0.415 e. The summed E-state index contributed by atoms with van der Waals surface area (Å²) in [5.41, 5.74) is 2.18. The lowest BCUT2D eigenvalue weighted by atomic mass is 9.95. The van der Waals surface area contributed by atoms with Crippen LogP contribution in [0.25, 0.3) is 6.08 Å². The Hall–Kier alpha value is -2.54. The number of rotatable bonds is 4. The van der Waals surface area contributed by atoms with Crippen LogP contribution in [0.4, 0.5) is 4.79 Å². The lowest BCUT2D eigenvalue weighted by Gasteiger charge is -2.36. The number of benzene rings is 1. The van der Waals surface area contributed by atoms with Crippen molar-refractivity contribution in [3.63, 3.8) is 0 Å². The van der Waals surface area contributed by atoms with E-state index in [1.165, 1.54) is 7.11 Å². The first kappa shape index (κ1) is 19.2. The molecular formula is C20H26N2O5. The summed E-state index contributed by atoms with van der Waals surface area (Å²) in [6.07, 6.45) is 1.54. The fourth-order valence-electron chi connectivity index (χ4n) is 3.37. The van der Waals surface area contributed by atoms with Gasteiger partial charge in [-0.3, -0.25) is 14.6 Å². The molecule has 1 aromatic carbocycles. The van der Waals surface area contributed by atoms with Gasteiger partial charge in [0, 0.05) is 17.8 Å². The average Bonchev–Trinajstić information content (AvgIpc) is 2.98. The van der Waals surface area contributed by atoms with E-state index in [2.05, 4.69) is 0 Å². The van der Waals surface area contributed by atoms with Gasteiger partial charge in [-0.05, 0) is 45.5 Å². The molecule has 2 heterocycles. The fraction of sp³-hybridized carbons (Fsp3) is 0.500. The van der Waals surface area contributed by atoms with Crippen LogP contribution in [0.2, 0.25) is 0 Å². The Labute approximate surface area is 159 Å². The van der Waals surface area contributed by atoms with Crippen LogP contribution >= 0.6 is 0 Å². The summed E-state index contributed by atoms with van der Waals surface area (Å²) in [4.78, 5) is 28.0. The second-order valence-corrected chi connectivity index (χ2v) is 7.82. The van der Waals surface area contributed by atoms with Gasteiger partial charge in [-0.2, -0.15) is 0 Å². The maximum absolute atomic E-state index is 13.0. The van der Waals surface area contributed by atoms with E-state index in [0.29, 0.717) is 13.2 Å². The van der Waals surface area contributed by atoms with Gasteiger partial charge in [0.15, 0.2) is 0 Å². The maximum atomic E-state index is 13.0. The molecule has 0 aromatic heterocycles. The third kappa shape index (κ3) is 4.08. The standard InChI is InChI=1S/C20H26N2O5/c1-20(2,3)27-19(24)22-14(10-21(4)11-17(23)25-5)9-13-7-6-8-16-18(13)15(22)12-26-16/h6-9,15H,10-12H2,1-5H3/t15-/m0/s1. The van der Waals surface area contributed by atoms with Crippen molar-refractivity contribution in [1.82, 2.24) is 9.80 Å². The zero-order valence-corrected chi connectivity index (χ0v) is 16.4.